The van der Waals surface area contributed by atoms with Gasteiger partial charge in [0.2, 0.25) is 0 Å². The Bertz CT molecular complexity index is 688. The second-order valence-corrected chi connectivity index (χ2v) is 5.49. The standard InChI is InChI=1S/C12H11NO5S/c1-8-4-2-3-5-10(8)18-7-9-6-13-19(16,17)11(9)12(14)15/h2-6H,7H2,1H3,(H,14,15). The molecule has 0 aliphatic carbocycles. The quantitative estimate of drug-likeness (QED) is 0.892. The van der Waals surface area contributed by atoms with E-state index in [0.29, 0.717) is 5.75 Å². The first-order valence-corrected chi connectivity index (χ1v) is 6.81. The molecular formula is C12H11NO5S. The number of carboxylic acid groups (broad SMARTS) is 1. The van der Waals surface area contributed by atoms with Crippen molar-refractivity contribution in [3.63, 3.8) is 0 Å². The smallest absolute Gasteiger partial charge is 0.349 e. The summed E-state index contributed by atoms with van der Waals surface area (Å²) in [6.45, 7) is 1.68. The number of para-hydroxylation sites is 1. The molecule has 0 unspecified atom stereocenters. The van der Waals surface area contributed by atoms with Crippen molar-refractivity contribution in [2.24, 2.45) is 4.40 Å². The molecule has 7 heteroatoms. The molecular weight excluding hydrogens is 270 g/mol. The van der Waals surface area contributed by atoms with Crippen molar-refractivity contribution in [2.45, 2.75) is 6.92 Å². The summed E-state index contributed by atoms with van der Waals surface area (Å²) in [5, 5.41) is 8.90. The van der Waals surface area contributed by atoms with Gasteiger partial charge in [-0.1, -0.05) is 18.2 Å². The fourth-order valence-electron chi connectivity index (χ4n) is 1.63. The Hall–Kier alpha value is -2.15. The number of carbonyl (C=O) groups is 1. The molecule has 0 bridgehead atoms. The lowest BCUT2D eigenvalue weighted by Gasteiger charge is -2.08. The van der Waals surface area contributed by atoms with Gasteiger partial charge < -0.3 is 9.84 Å². The summed E-state index contributed by atoms with van der Waals surface area (Å²) in [5.41, 5.74) is 0.911. The predicted octanol–water partition coefficient (Wildman–Crippen LogP) is 1.13. The molecule has 1 aliphatic rings. The van der Waals surface area contributed by atoms with Gasteiger partial charge in [-0.2, -0.15) is 12.8 Å². The van der Waals surface area contributed by atoms with Gasteiger partial charge in [0.05, 0.1) is 0 Å². The zero-order valence-corrected chi connectivity index (χ0v) is 10.8. The average molecular weight is 281 g/mol. The number of nitrogens with zero attached hydrogens (tertiary/aromatic N) is 1. The molecule has 0 saturated heterocycles. The van der Waals surface area contributed by atoms with Gasteiger partial charge in [-0.05, 0) is 18.6 Å². The van der Waals surface area contributed by atoms with Gasteiger partial charge in [-0.3, -0.25) is 0 Å². The van der Waals surface area contributed by atoms with Gasteiger partial charge in [-0.15, -0.1) is 0 Å². The number of benzene rings is 1. The van der Waals surface area contributed by atoms with Crippen molar-refractivity contribution in [2.75, 3.05) is 6.61 Å². The molecule has 0 saturated carbocycles. The molecule has 1 heterocycles. The predicted molar refractivity (Wildman–Crippen MR) is 68.7 cm³/mol. The Kier molecular flexibility index (Phi) is 3.39. The second kappa shape index (κ2) is 4.85. The highest BCUT2D eigenvalue weighted by atomic mass is 32.2. The molecule has 0 aromatic heterocycles. The van der Waals surface area contributed by atoms with Crippen LogP contribution in [0.2, 0.25) is 0 Å². The van der Waals surface area contributed by atoms with E-state index >= 15 is 0 Å². The van der Waals surface area contributed by atoms with Crippen LogP contribution in [0.1, 0.15) is 5.56 Å². The maximum atomic E-state index is 11.4. The molecule has 6 nitrogen and oxygen atoms in total. The van der Waals surface area contributed by atoms with E-state index in [1.54, 1.807) is 12.1 Å². The number of hydrogen-bond donors (Lipinski definition) is 1. The third-order valence-electron chi connectivity index (χ3n) is 2.57. The first kappa shape index (κ1) is 13.3. The van der Waals surface area contributed by atoms with E-state index in [1.165, 1.54) is 0 Å². The maximum absolute atomic E-state index is 11.4. The zero-order chi connectivity index (χ0) is 14.0. The topological polar surface area (TPSA) is 93.0 Å². The van der Waals surface area contributed by atoms with Crippen LogP contribution in [0.3, 0.4) is 0 Å². The van der Waals surface area contributed by atoms with Crippen molar-refractivity contribution in [1.82, 2.24) is 0 Å². The van der Waals surface area contributed by atoms with Crippen molar-refractivity contribution in [3.05, 3.63) is 40.3 Å². The van der Waals surface area contributed by atoms with Crippen LogP contribution in [-0.2, 0) is 14.8 Å². The highest BCUT2D eigenvalue weighted by Crippen LogP contribution is 2.22. The molecule has 0 radical (unpaired) electrons. The number of rotatable bonds is 4. The third kappa shape index (κ3) is 2.65. The summed E-state index contributed by atoms with van der Waals surface area (Å²) in [6.07, 6.45) is 1.01. The number of sulfonamides is 1. The van der Waals surface area contributed by atoms with E-state index < -0.39 is 20.9 Å². The lowest BCUT2D eigenvalue weighted by Crippen LogP contribution is -2.13. The van der Waals surface area contributed by atoms with Gasteiger partial charge in [0, 0.05) is 11.8 Å². The molecule has 2 rings (SSSR count). The SMILES string of the molecule is Cc1ccccc1OCC1=C(C(=O)O)S(=O)(=O)N=C1. The first-order valence-electron chi connectivity index (χ1n) is 5.37. The number of aryl methyl sites for hydroxylation is 1. The Morgan fingerprint density at radius 3 is 2.68 bits per heavy atom. The Morgan fingerprint density at radius 1 is 1.37 bits per heavy atom. The van der Waals surface area contributed by atoms with Crippen molar-refractivity contribution < 1.29 is 23.1 Å². The molecule has 19 heavy (non-hydrogen) atoms. The van der Waals surface area contributed by atoms with Crippen molar-refractivity contribution >= 4 is 22.2 Å². The van der Waals surface area contributed by atoms with E-state index in [1.807, 2.05) is 19.1 Å². The molecule has 0 fully saturated rings. The summed E-state index contributed by atoms with van der Waals surface area (Å²) in [7, 11) is -4.08. The van der Waals surface area contributed by atoms with Crippen molar-refractivity contribution in [1.29, 1.82) is 0 Å². The van der Waals surface area contributed by atoms with Crippen LogP contribution in [-0.4, -0.2) is 32.3 Å². The van der Waals surface area contributed by atoms with E-state index in [0.717, 1.165) is 11.8 Å². The lowest BCUT2D eigenvalue weighted by molar-refractivity contribution is -0.131. The van der Waals surface area contributed by atoms with Crippen LogP contribution in [0.15, 0.2) is 39.1 Å². The summed E-state index contributed by atoms with van der Waals surface area (Å²) in [6, 6.07) is 7.16. The number of aliphatic carboxylic acids is 1. The number of carboxylic acids is 1. The van der Waals surface area contributed by atoms with Crippen LogP contribution in [0, 0.1) is 6.92 Å². The van der Waals surface area contributed by atoms with Crippen LogP contribution < -0.4 is 4.74 Å². The Balaban J connectivity index is 2.24. The van der Waals surface area contributed by atoms with Crippen LogP contribution in [0.25, 0.3) is 0 Å². The molecule has 0 spiro atoms. The zero-order valence-electron chi connectivity index (χ0n) is 10.0. The fourth-order valence-corrected chi connectivity index (χ4v) is 2.67. The third-order valence-corrected chi connectivity index (χ3v) is 3.90. The summed E-state index contributed by atoms with van der Waals surface area (Å²) in [5.74, 6) is -0.960. The van der Waals surface area contributed by atoms with Crippen LogP contribution >= 0.6 is 0 Å². The number of hydrogen-bond acceptors (Lipinski definition) is 4. The molecule has 1 N–H and O–H groups in total. The summed E-state index contributed by atoms with van der Waals surface area (Å²) < 4.78 is 31.4. The van der Waals surface area contributed by atoms with Gasteiger partial charge in [0.25, 0.3) is 10.0 Å². The van der Waals surface area contributed by atoms with Crippen molar-refractivity contribution in [3.8, 4) is 5.75 Å². The molecule has 0 amide bonds. The van der Waals surface area contributed by atoms with E-state index in [-0.39, 0.29) is 12.2 Å². The van der Waals surface area contributed by atoms with E-state index in [2.05, 4.69) is 4.40 Å². The normalized spacial score (nSPS) is 16.7. The minimum Gasteiger partial charge on any atom is -0.489 e. The Labute approximate surface area is 110 Å². The summed E-state index contributed by atoms with van der Waals surface area (Å²) >= 11 is 0. The molecule has 100 valence electrons. The average Bonchev–Trinajstić information content (AvgIpc) is 2.63. The minimum absolute atomic E-state index is 0.0377. The van der Waals surface area contributed by atoms with Gasteiger partial charge in [0.15, 0.2) is 4.91 Å². The maximum Gasteiger partial charge on any atom is 0.349 e. The fraction of sp³-hybridized carbons (Fsp3) is 0.167. The van der Waals surface area contributed by atoms with Gasteiger partial charge >= 0.3 is 5.97 Å². The Morgan fingerprint density at radius 2 is 2.05 bits per heavy atom. The minimum atomic E-state index is -4.08. The van der Waals surface area contributed by atoms with E-state index in [4.69, 9.17) is 9.84 Å². The van der Waals surface area contributed by atoms with Crippen LogP contribution in [0.4, 0.5) is 0 Å². The first-order chi connectivity index (χ1) is 8.92. The molecule has 1 aliphatic heterocycles. The highest BCUT2D eigenvalue weighted by molar-refractivity contribution is 7.95. The lowest BCUT2D eigenvalue weighted by atomic mass is 10.2. The monoisotopic (exact) mass is 281 g/mol. The second-order valence-electron chi connectivity index (χ2n) is 3.92. The molecule has 0 atom stereocenters. The van der Waals surface area contributed by atoms with Gasteiger partial charge in [-0.25, -0.2) is 4.79 Å². The molecule has 1 aromatic rings. The summed E-state index contributed by atoms with van der Waals surface area (Å²) in [4.78, 5) is 10.2. The molecule has 1 aromatic carbocycles. The van der Waals surface area contributed by atoms with Gasteiger partial charge in [0.1, 0.15) is 12.4 Å². The largest absolute Gasteiger partial charge is 0.489 e. The highest BCUT2D eigenvalue weighted by Gasteiger charge is 2.32. The van der Waals surface area contributed by atoms with E-state index in [9.17, 15) is 13.2 Å². The number of ether oxygens (including phenoxy) is 1. The van der Waals surface area contributed by atoms with Crippen LogP contribution in [0.5, 0.6) is 5.75 Å².